The van der Waals surface area contributed by atoms with Crippen molar-refractivity contribution in [3.63, 3.8) is 0 Å². The maximum atomic E-state index is 14.6. The molecule has 0 aliphatic carbocycles. The first-order chi connectivity index (χ1) is 12.5. The minimum absolute atomic E-state index is 0. The van der Waals surface area contributed by atoms with Gasteiger partial charge in [-0.2, -0.15) is 0 Å². The molecule has 7 heteroatoms. The summed E-state index contributed by atoms with van der Waals surface area (Å²) in [5.74, 6) is -1.42. The number of hydrogen-bond donors (Lipinski definition) is 1. The van der Waals surface area contributed by atoms with Gasteiger partial charge in [0, 0.05) is 32.2 Å². The van der Waals surface area contributed by atoms with E-state index < -0.39 is 11.7 Å². The normalized spacial score (nSPS) is 18.0. The Balaban J connectivity index is 0.00000261. The number of amides is 1. The van der Waals surface area contributed by atoms with Gasteiger partial charge in [-0.05, 0) is 24.1 Å². The number of carbonyl (C=O) groups is 1. The summed E-state index contributed by atoms with van der Waals surface area (Å²) in [7, 11) is 1.82. The molecular formula is C20H23FN3O2Pr+2. The van der Waals surface area contributed by atoms with Gasteiger partial charge in [0.25, 0.3) is 0 Å². The number of likely N-dealkylation sites (N-methyl/N-ethyl adjacent to an activating group) is 1. The Morgan fingerprint density at radius 3 is 2.59 bits per heavy atom. The van der Waals surface area contributed by atoms with Gasteiger partial charge >= 0.3 is 41.3 Å². The summed E-state index contributed by atoms with van der Waals surface area (Å²) in [4.78, 5) is 15.2. The van der Waals surface area contributed by atoms with Crippen molar-refractivity contribution in [3.05, 3.63) is 71.2 Å². The summed E-state index contributed by atoms with van der Waals surface area (Å²) in [5.41, 5.74) is 8.60. The molecule has 0 bridgehead atoms. The smallest absolute Gasteiger partial charge is 0.664 e. The SMILES string of the molecule is CN(c1ccc(C([NH-])=O)cc1F)C(CN1CCC(O)C1)c1ccccc1.[Pr+3]. The van der Waals surface area contributed by atoms with Crippen molar-refractivity contribution in [2.45, 2.75) is 18.6 Å². The number of aliphatic hydroxyl groups is 1. The van der Waals surface area contributed by atoms with E-state index in [1.807, 2.05) is 42.3 Å². The number of anilines is 1. The summed E-state index contributed by atoms with van der Waals surface area (Å²) in [6.45, 7) is 2.09. The number of likely N-dealkylation sites (tertiary alicyclic amines) is 1. The Morgan fingerprint density at radius 2 is 2.04 bits per heavy atom. The van der Waals surface area contributed by atoms with Crippen LogP contribution in [0.5, 0.6) is 0 Å². The largest absolute Gasteiger partial charge is 3.00 e. The van der Waals surface area contributed by atoms with Crippen molar-refractivity contribution in [1.29, 1.82) is 0 Å². The Hall–Kier alpha value is -1.08. The van der Waals surface area contributed by atoms with E-state index in [0.29, 0.717) is 18.8 Å². The van der Waals surface area contributed by atoms with Crippen LogP contribution in [-0.2, 0) is 0 Å². The van der Waals surface area contributed by atoms with Gasteiger partial charge in [-0.1, -0.05) is 36.4 Å². The van der Waals surface area contributed by atoms with Crippen LogP contribution in [0.15, 0.2) is 48.5 Å². The van der Waals surface area contributed by atoms with E-state index in [4.69, 9.17) is 5.73 Å². The standard InChI is InChI=1S/C20H24FN3O2.Pr/c1-23(18-8-7-15(20(22)26)11-17(18)21)19(14-5-3-2-4-6-14)13-24-10-9-16(25)12-24;/h2-8,11,16,19,25H,9-10,12-13H2,1H3,(H2,22,26);/q;+3/p-1. The van der Waals surface area contributed by atoms with Gasteiger partial charge in [-0.15, -0.1) is 0 Å². The average molecular weight is 497 g/mol. The first-order valence-corrected chi connectivity index (χ1v) is 8.69. The fourth-order valence-corrected chi connectivity index (χ4v) is 3.45. The van der Waals surface area contributed by atoms with Crippen molar-refractivity contribution in [3.8, 4) is 0 Å². The number of hydrogen-bond acceptors (Lipinski definition) is 4. The van der Waals surface area contributed by atoms with Crippen LogP contribution in [0.3, 0.4) is 0 Å². The molecule has 5 nitrogen and oxygen atoms in total. The Kier molecular flexibility index (Phi) is 8.16. The number of aliphatic hydroxyl groups excluding tert-OH is 1. The van der Waals surface area contributed by atoms with Crippen LogP contribution in [-0.4, -0.2) is 48.7 Å². The number of nitrogens with one attached hydrogen (secondary N) is 1. The molecule has 27 heavy (non-hydrogen) atoms. The van der Waals surface area contributed by atoms with Crippen LogP contribution in [0.4, 0.5) is 10.1 Å². The molecule has 2 aromatic carbocycles. The second kappa shape index (κ2) is 9.92. The van der Waals surface area contributed by atoms with Crippen LogP contribution < -0.4 is 4.90 Å². The molecule has 1 saturated heterocycles. The number of carbonyl (C=O) groups excluding carboxylic acids is 1. The third-order valence-electron chi connectivity index (χ3n) is 4.92. The summed E-state index contributed by atoms with van der Waals surface area (Å²) in [5, 5.41) is 9.80. The zero-order valence-electron chi connectivity index (χ0n) is 15.3. The van der Waals surface area contributed by atoms with Crippen LogP contribution >= 0.6 is 0 Å². The first kappa shape index (κ1) is 22.2. The molecule has 0 saturated carbocycles. The van der Waals surface area contributed by atoms with Crippen molar-refractivity contribution in [2.75, 3.05) is 31.6 Å². The molecule has 0 spiro atoms. The third kappa shape index (κ3) is 5.47. The third-order valence-corrected chi connectivity index (χ3v) is 4.92. The molecule has 0 aromatic heterocycles. The van der Waals surface area contributed by atoms with Gasteiger partial charge in [-0.3, -0.25) is 4.90 Å². The average Bonchev–Trinajstić information content (AvgIpc) is 3.04. The van der Waals surface area contributed by atoms with Crippen molar-refractivity contribution in [1.82, 2.24) is 4.90 Å². The van der Waals surface area contributed by atoms with Crippen molar-refractivity contribution >= 4 is 11.6 Å². The van der Waals surface area contributed by atoms with E-state index >= 15 is 0 Å². The topological polar surface area (TPSA) is 67.6 Å². The van der Waals surface area contributed by atoms with E-state index in [-0.39, 0.29) is 59.0 Å². The van der Waals surface area contributed by atoms with E-state index in [0.717, 1.165) is 24.6 Å². The maximum Gasteiger partial charge on any atom is 3.00 e. The zero-order chi connectivity index (χ0) is 18.7. The summed E-state index contributed by atoms with van der Waals surface area (Å²) in [6.07, 6.45) is 0.440. The molecule has 1 fully saturated rings. The molecule has 2 aromatic rings. The molecule has 3 rings (SSSR count). The molecule has 1 aliphatic rings. The van der Waals surface area contributed by atoms with Crippen molar-refractivity contribution in [2.24, 2.45) is 0 Å². The van der Waals surface area contributed by atoms with Gasteiger partial charge in [0.2, 0.25) is 0 Å². The minimum atomic E-state index is -0.899. The predicted octanol–water partition coefficient (Wildman–Crippen LogP) is 3.26. The minimum Gasteiger partial charge on any atom is -0.664 e. The van der Waals surface area contributed by atoms with Gasteiger partial charge in [0.15, 0.2) is 0 Å². The van der Waals surface area contributed by atoms with E-state index in [9.17, 15) is 14.3 Å². The molecular weight excluding hydrogens is 474 g/mol. The van der Waals surface area contributed by atoms with Crippen LogP contribution in [0.2, 0.25) is 0 Å². The monoisotopic (exact) mass is 497 g/mol. The van der Waals surface area contributed by atoms with Crippen LogP contribution in [0, 0.1) is 47.1 Å². The second-order valence-corrected chi connectivity index (χ2v) is 6.73. The molecule has 2 unspecified atom stereocenters. The first-order valence-electron chi connectivity index (χ1n) is 8.69. The van der Waals surface area contributed by atoms with Gasteiger partial charge < -0.3 is 20.5 Å². The van der Waals surface area contributed by atoms with E-state index in [1.165, 1.54) is 6.07 Å². The maximum absolute atomic E-state index is 14.6. The summed E-state index contributed by atoms with van der Waals surface area (Å²) in [6, 6.07) is 13.9. The van der Waals surface area contributed by atoms with Gasteiger partial charge in [0.05, 0.1) is 23.7 Å². The molecule has 1 aliphatic heterocycles. The fraction of sp³-hybridized carbons (Fsp3) is 0.350. The number of benzene rings is 2. The van der Waals surface area contributed by atoms with E-state index in [1.54, 1.807) is 6.07 Å². The predicted molar refractivity (Wildman–Crippen MR) is 99.7 cm³/mol. The molecule has 0 radical (unpaired) electrons. The molecule has 138 valence electrons. The molecule has 2 atom stereocenters. The number of β-amino-alcohol motifs (C(OH)–C–C–N with tert-alkyl or cyclic N) is 1. The molecule has 1 heterocycles. The second-order valence-electron chi connectivity index (χ2n) is 6.73. The molecule has 1 amide bonds. The van der Waals surface area contributed by atoms with Gasteiger partial charge in [-0.25, -0.2) is 4.39 Å². The van der Waals surface area contributed by atoms with Crippen LogP contribution in [0.1, 0.15) is 28.4 Å². The van der Waals surface area contributed by atoms with Crippen LogP contribution in [0.25, 0.3) is 5.73 Å². The fourth-order valence-electron chi connectivity index (χ4n) is 3.45. The molecule has 2 N–H and O–H groups in total. The van der Waals surface area contributed by atoms with E-state index in [2.05, 4.69) is 4.90 Å². The Bertz CT molecular complexity index is 775. The quantitative estimate of drug-likeness (QED) is 0.666. The Labute approximate surface area is 192 Å². The van der Waals surface area contributed by atoms with Crippen molar-refractivity contribution < 1.29 is 55.6 Å². The number of nitrogens with zero attached hydrogens (tertiary/aromatic N) is 2. The Morgan fingerprint density at radius 1 is 1.33 bits per heavy atom. The summed E-state index contributed by atoms with van der Waals surface area (Å²) >= 11 is 0. The number of rotatable bonds is 6. The number of halogens is 1. The van der Waals surface area contributed by atoms with Gasteiger partial charge in [0.1, 0.15) is 5.82 Å². The summed E-state index contributed by atoms with van der Waals surface area (Å²) < 4.78 is 14.6. The zero-order valence-corrected chi connectivity index (χ0v) is 19.0.